The second-order valence-electron chi connectivity index (χ2n) is 5.31. The molecule has 3 aromatic rings. The number of benzene rings is 1. The Hall–Kier alpha value is -2.31. The van der Waals surface area contributed by atoms with E-state index in [1.165, 1.54) is 6.20 Å². The van der Waals surface area contributed by atoms with Gasteiger partial charge in [-0.1, -0.05) is 35.3 Å². The standard InChI is InChI=1S/C16H15Cl2N5O/c1-11-14(18)8-19-23(11)10-16(24)20-15-5-6-22(21-15)9-12-3-2-4-13(17)7-12/h2-8H,9-10H2,1H3,(H,20,21,24). The van der Waals surface area contributed by atoms with Gasteiger partial charge < -0.3 is 5.32 Å². The summed E-state index contributed by atoms with van der Waals surface area (Å²) in [6.45, 7) is 2.46. The van der Waals surface area contributed by atoms with Gasteiger partial charge in [0, 0.05) is 17.3 Å². The molecule has 0 bridgehead atoms. The summed E-state index contributed by atoms with van der Waals surface area (Å²) < 4.78 is 3.28. The topological polar surface area (TPSA) is 64.7 Å². The molecule has 0 aliphatic carbocycles. The van der Waals surface area contributed by atoms with Crippen LogP contribution in [0.25, 0.3) is 0 Å². The van der Waals surface area contributed by atoms with Crippen molar-refractivity contribution in [1.82, 2.24) is 19.6 Å². The molecule has 6 nitrogen and oxygen atoms in total. The van der Waals surface area contributed by atoms with Gasteiger partial charge in [-0.15, -0.1) is 0 Å². The number of nitrogens with one attached hydrogen (secondary N) is 1. The van der Waals surface area contributed by atoms with Crippen LogP contribution in [0.3, 0.4) is 0 Å². The Labute approximate surface area is 149 Å². The van der Waals surface area contributed by atoms with Crippen LogP contribution in [0.5, 0.6) is 0 Å². The second-order valence-corrected chi connectivity index (χ2v) is 6.16. The van der Waals surface area contributed by atoms with Gasteiger partial charge in [0.25, 0.3) is 0 Å². The van der Waals surface area contributed by atoms with E-state index in [2.05, 4.69) is 15.5 Å². The molecule has 0 fully saturated rings. The Morgan fingerprint density at radius 1 is 1.29 bits per heavy atom. The summed E-state index contributed by atoms with van der Waals surface area (Å²) in [5, 5.41) is 12.3. The number of carbonyl (C=O) groups excluding carboxylic acids is 1. The number of anilines is 1. The molecule has 1 amide bonds. The second kappa shape index (κ2) is 7.07. The van der Waals surface area contributed by atoms with Gasteiger partial charge in [0.2, 0.25) is 5.91 Å². The van der Waals surface area contributed by atoms with Crippen LogP contribution in [-0.4, -0.2) is 25.5 Å². The zero-order valence-corrected chi connectivity index (χ0v) is 14.4. The predicted octanol–water partition coefficient (Wildman–Crippen LogP) is 3.38. The van der Waals surface area contributed by atoms with Crippen molar-refractivity contribution in [3.8, 4) is 0 Å². The maximum atomic E-state index is 12.1. The third-order valence-electron chi connectivity index (χ3n) is 3.48. The van der Waals surface area contributed by atoms with Crippen molar-refractivity contribution in [3.05, 3.63) is 64.0 Å². The summed E-state index contributed by atoms with van der Waals surface area (Å²) in [7, 11) is 0. The number of halogens is 2. The number of rotatable bonds is 5. The fourth-order valence-electron chi connectivity index (χ4n) is 2.24. The largest absolute Gasteiger partial charge is 0.308 e. The molecule has 24 heavy (non-hydrogen) atoms. The third kappa shape index (κ3) is 3.96. The first kappa shape index (κ1) is 16.5. The van der Waals surface area contributed by atoms with Gasteiger partial charge in [0.05, 0.1) is 23.5 Å². The van der Waals surface area contributed by atoms with E-state index >= 15 is 0 Å². The highest BCUT2D eigenvalue weighted by atomic mass is 35.5. The fourth-order valence-corrected chi connectivity index (χ4v) is 2.59. The number of amides is 1. The SMILES string of the molecule is Cc1c(Cl)cnn1CC(=O)Nc1ccn(Cc2cccc(Cl)c2)n1. The van der Waals surface area contributed by atoms with Gasteiger partial charge in [0.15, 0.2) is 5.82 Å². The average Bonchev–Trinajstić information content (AvgIpc) is 3.09. The number of aromatic nitrogens is 4. The van der Waals surface area contributed by atoms with Crippen LogP contribution in [-0.2, 0) is 17.9 Å². The third-order valence-corrected chi connectivity index (χ3v) is 4.08. The molecule has 2 heterocycles. The van der Waals surface area contributed by atoms with Crippen molar-refractivity contribution in [2.45, 2.75) is 20.0 Å². The van der Waals surface area contributed by atoms with Gasteiger partial charge in [-0.2, -0.15) is 10.2 Å². The number of carbonyl (C=O) groups is 1. The highest BCUT2D eigenvalue weighted by Crippen LogP contribution is 2.14. The maximum Gasteiger partial charge on any atom is 0.247 e. The first-order chi connectivity index (χ1) is 11.5. The average molecular weight is 364 g/mol. The Morgan fingerprint density at radius 2 is 2.12 bits per heavy atom. The molecule has 8 heteroatoms. The molecule has 0 spiro atoms. The van der Waals surface area contributed by atoms with E-state index in [1.807, 2.05) is 31.2 Å². The lowest BCUT2D eigenvalue weighted by Crippen LogP contribution is -2.20. The molecule has 0 aliphatic rings. The molecule has 0 saturated carbocycles. The summed E-state index contributed by atoms with van der Waals surface area (Å²) in [6.07, 6.45) is 3.32. The minimum absolute atomic E-state index is 0.0830. The lowest BCUT2D eigenvalue weighted by atomic mass is 10.2. The van der Waals surface area contributed by atoms with Crippen LogP contribution >= 0.6 is 23.2 Å². The van der Waals surface area contributed by atoms with Gasteiger partial charge in [-0.05, 0) is 24.6 Å². The molecular formula is C16H15Cl2N5O. The van der Waals surface area contributed by atoms with Crippen molar-refractivity contribution < 1.29 is 4.79 Å². The van der Waals surface area contributed by atoms with Gasteiger partial charge >= 0.3 is 0 Å². The molecule has 0 atom stereocenters. The van der Waals surface area contributed by atoms with Gasteiger partial charge in [-0.3, -0.25) is 14.2 Å². The quantitative estimate of drug-likeness (QED) is 0.755. The molecular weight excluding hydrogens is 349 g/mol. The lowest BCUT2D eigenvalue weighted by Gasteiger charge is -2.05. The van der Waals surface area contributed by atoms with E-state index < -0.39 is 0 Å². The van der Waals surface area contributed by atoms with Crippen LogP contribution in [0.4, 0.5) is 5.82 Å². The fraction of sp³-hybridized carbons (Fsp3) is 0.188. The van der Waals surface area contributed by atoms with E-state index in [-0.39, 0.29) is 12.5 Å². The highest BCUT2D eigenvalue weighted by Gasteiger charge is 2.10. The van der Waals surface area contributed by atoms with Gasteiger partial charge in [-0.25, -0.2) is 0 Å². The van der Waals surface area contributed by atoms with Crippen LogP contribution in [0, 0.1) is 6.92 Å². The first-order valence-electron chi connectivity index (χ1n) is 7.27. The molecule has 2 aromatic heterocycles. The molecule has 0 aliphatic heterocycles. The molecule has 0 radical (unpaired) electrons. The molecule has 0 unspecified atom stereocenters. The molecule has 0 saturated heterocycles. The van der Waals surface area contributed by atoms with E-state index in [4.69, 9.17) is 23.2 Å². The molecule has 124 valence electrons. The normalized spacial score (nSPS) is 10.8. The maximum absolute atomic E-state index is 12.1. The lowest BCUT2D eigenvalue weighted by molar-refractivity contribution is -0.117. The first-order valence-corrected chi connectivity index (χ1v) is 8.02. The van der Waals surface area contributed by atoms with Crippen LogP contribution in [0.2, 0.25) is 10.0 Å². The van der Waals surface area contributed by atoms with Crippen molar-refractivity contribution in [3.63, 3.8) is 0 Å². The number of hydrogen-bond donors (Lipinski definition) is 1. The molecule has 1 N–H and O–H groups in total. The van der Waals surface area contributed by atoms with Crippen LogP contribution in [0.1, 0.15) is 11.3 Å². The summed E-state index contributed by atoms with van der Waals surface area (Å²) in [4.78, 5) is 12.1. The minimum Gasteiger partial charge on any atom is -0.308 e. The van der Waals surface area contributed by atoms with Crippen molar-refractivity contribution in [2.24, 2.45) is 0 Å². The van der Waals surface area contributed by atoms with Crippen molar-refractivity contribution in [1.29, 1.82) is 0 Å². The van der Waals surface area contributed by atoms with Crippen molar-refractivity contribution >= 4 is 34.9 Å². The van der Waals surface area contributed by atoms with Crippen LogP contribution in [0.15, 0.2) is 42.7 Å². The van der Waals surface area contributed by atoms with Gasteiger partial charge in [0.1, 0.15) is 6.54 Å². The van der Waals surface area contributed by atoms with E-state index in [0.717, 1.165) is 11.3 Å². The summed E-state index contributed by atoms with van der Waals surface area (Å²) in [5.41, 5.74) is 1.78. The van der Waals surface area contributed by atoms with E-state index in [9.17, 15) is 4.79 Å². The Morgan fingerprint density at radius 3 is 2.83 bits per heavy atom. The molecule has 3 rings (SSSR count). The Kier molecular flexibility index (Phi) is 4.87. The molecule has 1 aromatic carbocycles. The highest BCUT2D eigenvalue weighted by molar-refractivity contribution is 6.31. The Balaban J connectivity index is 1.61. The summed E-state index contributed by atoms with van der Waals surface area (Å²) in [5.74, 6) is 0.267. The Bertz CT molecular complexity index is 871. The summed E-state index contributed by atoms with van der Waals surface area (Å²) >= 11 is 11.9. The number of nitrogens with zero attached hydrogens (tertiary/aromatic N) is 4. The van der Waals surface area contributed by atoms with E-state index in [0.29, 0.717) is 22.4 Å². The van der Waals surface area contributed by atoms with Crippen LogP contribution < -0.4 is 5.32 Å². The zero-order valence-electron chi connectivity index (χ0n) is 12.9. The monoisotopic (exact) mass is 363 g/mol. The van der Waals surface area contributed by atoms with Crippen molar-refractivity contribution in [2.75, 3.05) is 5.32 Å². The number of hydrogen-bond acceptors (Lipinski definition) is 3. The zero-order chi connectivity index (χ0) is 17.1. The predicted molar refractivity (Wildman–Crippen MR) is 93.4 cm³/mol. The summed E-state index contributed by atoms with van der Waals surface area (Å²) in [6, 6.07) is 9.30. The minimum atomic E-state index is -0.217. The van der Waals surface area contributed by atoms with E-state index in [1.54, 1.807) is 21.6 Å². The smallest absolute Gasteiger partial charge is 0.247 e.